The van der Waals surface area contributed by atoms with Crippen LogP contribution in [-0.4, -0.2) is 0 Å². The van der Waals surface area contributed by atoms with Crippen molar-refractivity contribution in [2.24, 2.45) is 0 Å². The normalized spacial score (nSPS) is 12.0. The van der Waals surface area contributed by atoms with Crippen molar-refractivity contribution in [3.63, 3.8) is 0 Å². The minimum Gasteiger partial charge on any atom is -0.456 e. The quantitative estimate of drug-likeness (QED) is 0.171. The number of rotatable bonds is 4. The van der Waals surface area contributed by atoms with Crippen LogP contribution in [0.2, 0.25) is 0 Å². The highest BCUT2D eigenvalue weighted by molar-refractivity contribution is 6.28. The van der Waals surface area contributed by atoms with E-state index in [4.69, 9.17) is 13.3 Å². The number of hydrogen-bond acceptors (Lipinski definition) is 3. The average Bonchev–Trinajstić information content (AvgIpc) is 3.94. The first-order valence-corrected chi connectivity index (χ1v) is 18.7. The van der Waals surface area contributed by atoms with E-state index in [1.165, 1.54) is 27.1 Å². The number of fused-ring (bicyclic) bond motifs is 10. The van der Waals surface area contributed by atoms with Crippen LogP contribution in [0.4, 0.5) is 0 Å². The van der Waals surface area contributed by atoms with Gasteiger partial charge in [0.2, 0.25) is 0 Å². The van der Waals surface area contributed by atoms with E-state index in [0.717, 1.165) is 94.0 Å². The molecule has 0 unspecified atom stereocenters. The molecule has 0 aliphatic carbocycles. The summed E-state index contributed by atoms with van der Waals surface area (Å²) in [6.45, 7) is 0. The third-order valence-corrected chi connectivity index (χ3v) is 11.3. The van der Waals surface area contributed by atoms with E-state index in [1.54, 1.807) is 0 Å². The number of benzene rings is 9. The van der Waals surface area contributed by atoms with Gasteiger partial charge < -0.3 is 13.3 Å². The van der Waals surface area contributed by atoms with E-state index in [0.29, 0.717) is 0 Å². The van der Waals surface area contributed by atoms with Crippen LogP contribution < -0.4 is 0 Å². The Kier molecular flexibility index (Phi) is 6.34. The Balaban J connectivity index is 1.15. The molecule has 256 valence electrons. The van der Waals surface area contributed by atoms with Gasteiger partial charge in [-0.05, 0) is 68.6 Å². The van der Waals surface area contributed by atoms with E-state index in [2.05, 4.69) is 164 Å². The maximum absolute atomic E-state index is 6.99. The summed E-state index contributed by atoms with van der Waals surface area (Å²) in [6.07, 6.45) is 0. The minimum absolute atomic E-state index is 0.830. The summed E-state index contributed by atoms with van der Waals surface area (Å²) in [7, 11) is 0. The van der Waals surface area contributed by atoms with Crippen molar-refractivity contribution in [3.8, 4) is 44.7 Å². The SMILES string of the molecule is c1ccc(-c2oc3ccc4oc5c(-c6c7ccccc7c(-c7ccc8c(c7)oc7ccccc78)c7ccccc67)cccc5c4c3c2-c2ccccc2)cc1. The van der Waals surface area contributed by atoms with E-state index >= 15 is 0 Å². The van der Waals surface area contributed by atoms with Gasteiger partial charge in [0.1, 0.15) is 33.7 Å². The first-order chi connectivity index (χ1) is 27.3. The molecule has 0 aliphatic rings. The van der Waals surface area contributed by atoms with Crippen LogP contribution in [0.15, 0.2) is 195 Å². The Labute approximate surface area is 315 Å². The van der Waals surface area contributed by atoms with Crippen LogP contribution in [0.1, 0.15) is 0 Å². The highest BCUT2D eigenvalue weighted by Gasteiger charge is 2.25. The summed E-state index contributed by atoms with van der Waals surface area (Å²) in [5.74, 6) is 0.855. The fourth-order valence-electron chi connectivity index (χ4n) is 8.96. The largest absolute Gasteiger partial charge is 0.456 e. The fourth-order valence-corrected chi connectivity index (χ4v) is 8.96. The van der Waals surface area contributed by atoms with Gasteiger partial charge in [0, 0.05) is 49.2 Å². The molecule has 12 aromatic rings. The standard InChI is InChI=1S/C52H30O3/c1-3-14-31(15-4-1)47-50-44(54-51(47)32-16-5-2-6-17-32)29-28-43-49(50)41-24-13-23-40(52(41)55-43)48-38-21-9-7-19-36(38)46(37-20-8-10-22-39(37)48)33-26-27-35-34-18-11-12-25-42(34)53-45(35)30-33/h1-30H. The molecule has 0 aliphatic heterocycles. The van der Waals surface area contributed by atoms with Gasteiger partial charge in [-0.2, -0.15) is 0 Å². The molecule has 3 nitrogen and oxygen atoms in total. The Morgan fingerprint density at radius 1 is 0.273 bits per heavy atom. The molecule has 0 saturated heterocycles. The summed E-state index contributed by atoms with van der Waals surface area (Å²) in [5.41, 5.74) is 12.0. The molecule has 0 atom stereocenters. The van der Waals surface area contributed by atoms with Crippen LogP contribution in [0.5, 0.6) is 0 Å². The molecule has 0 amide bonds. The monoisotopic (exact) mass is 702 g/mol. The lowest BCUT2D eigenvalue weighted by molar-refractivity contribution is 0.632. The lowest BCUT2D eigenvalue weighted by Crippen LogP contribution is -1.91. The number of para-hydroxylation sites is 2. The Morgan fingerprint density at radius 2 is 0.836 bits per heavy atom. The molecule has 0 radical (unpaired) electrons. The van der Waals surface area contributed by atoms with Crippen LogP contribution in [0.3, 0.4) is 0 Å². The average molecular weight is 703 g/mol. The Morgan fingerprint density at radius 3 is 1.55 bits per heavy atom. The number of hydrogen-bond donors (Lipinski definition) is 0. The predicted octanol–water partition coefficient (Wildman–Crippen LogP) is 15.2. The van der Waals surface area contributed by atoms with Gasteiger partial charge >= 0.3 is 0 Å². The van der Waals surface area contributed by atoms with Crippen molar-refractivity contribution >= 4 is 76.4 Å². The third-order valence-electron chi connectivity index (χ3n) is 11.3. The summed E-state index contributed by atoms with van der Waals surface area (Å²) in [5, 5.41) is 10.1. The van der Waals surface area contributed by atoms with Crippen molar-refractivity contribution in [2.45, 2.75) is 0 Å². The number of furan rings is 3. The van der Waals surface area contributed by atoms with Crippen molar-refractivity contribution in [1.29, 1.82) is 0 Å². The lowest BCUT2D eigenvalue weighted by Gasteiger charge is -2.17. The molecule has 0 bridgehead atoms. The van der Waals surface area contributed by atoms with Crippen molar-refractivity contribution in [1.82, 2.24) is 0 Å². The molecule has 9 aromatic carbocycles. The Hall–Kier alpha value is -7.36. The van der Waals surface area contributed by atoms with Gasteiger partial charge in [-0.15, -0.1) is 0 Å². The smallest absolute Gasteiger partial charge is 0.143 e. The molecule has 0 saturated carbocycles. The van der Waals surface area contributed by atoms with Crippen LogP contribution in [-0.2, 0) is 0 Å². The van der Waals surface area contributed by atoms with Crippen molar-refractivity contribution < 1.29 is 13.3 Å². The van der Waals surface area contributed by atoms with Crippen LogP contribution in [0.25, 0.3) is 121 Å². The fraction of sp³-hybridized carbons (Fsp3) is 0. The molecule has 55 heavy (non-hydrogen) atoms. The van der Waals surface area contributed by atoms with E-state index in [1.807, 2.05) is 18.2 Å². The van der Waals surface area contributed by atoms with Crippen molar-refractivity contribution in [2.75, 3.05) is 0 Å². The molecule has 3 aromatic heterocycles. The zero-order valence-electron chi connectivity index (χ0n) is 29.5. The Bertz CT molecular complexity index is 3420. The highest BCUT2D eigenvalue weighted by atomic mass is 16.3. The first-order valence-electron chi connectivity index (χ1n) is 18.7. The van der Waals surface area contributed by atoms with E-state index in [-0.39, 0.29) is 0 Å². The second kappa shape index (κ2) is 11.6. The zero-order chi connectivity index (χ0) is 36.0. The first kappa shape index (κ1) is 30.1. The predicted molar refractivity (Wildman–Crippen MR) is 228 cm³/mol. The third kappa shape index (κ3) is 4.38. The van der Waals surface area contributed by atoms with Gasteiger partial charge in [0.15, 0.2) is 0 Å². The molecule has 0 spiro atoms. The summed E-state index contributed by atoms with van der Waals surface area (Å²) in [6, 6.07) is 64.0. The zero-order valence-corrected chi connectivity index (χ0v) is 29.5. The molecule has 3 heteroatoms. The second-order valence-corrected chi connectivity index (χ2v) is 14.3. The highest BCUT2D eigenvalue weighted by Crippen LogP contribution is 2.50. The van der Waals surface area contributed by atoms with Crippen LogP contribution >= 0.6 is 0 Å². The minimum atomic E-state index is 0.830. The second-order valence-electron chi connectivity index (χ2n) is 14.3. The summed E-state index contributed by atoms with van der Waals surface area (Å²) in [4.78, 5) is 0. The van der Waals surface area contributed by atoms with E-state index < -0.39 is 0 Å². The maximum Gasteiger partial charge on any atom is 0.143 e. The maximum atomic E-state index is 6.99. The summed E-state index contributed by atoms with van der Waals surface area (Å²) < 4.78 is 20.1. The molecule has 12 rings (SSSR count). The van der Waals surface area contributed by atoms with Gasteiger partial charge in [-0.3, -0.25) is 0 Å². The summed E-state index contributed by atoms with van der Waals surface area (Å²) >= 11 is 0. The van der Waals surface area contributed by atoms with Gasteiger partial charge in [0.05, 0.1) is 0 Å². The molecule has 0 fully saturated rings. The van der Waals surface area contributed by atoms with Crippen molar-refractivity contribution in [3.05, 3.63) is 182 Å². The van der Waals surface area contributed by atoms with Gasteiger partial charge in [0.25, 0.3) is 0 Å². The van der Waals surface area contributed by atoms with E-state index in [9.17, 15) is 0 Å². The lowest BCUT2D eigenvalue weighted by atomic mass is 9.85. The molecule has 3 heterocycles. The van der Waals surface area contributed by atoms with Gasteiger partial charge in [-0.25, -0.2) is 0 Å². The molecular formula is C52H30O3. The molecule has 0 N–H and O–H groups in total. The van der Waals surface area contributed by atoms with Gasteiger partial charge in [-0.1, -0.05) is 152 Å². The topological polar surface area (TPSA) is 39.4 Å². The van der Waals surface area contributed by atoms with Crippen LogP contribution in [0, 0.1) is 0 Å². The molecular weight excluding hydrogens is 673 g/mol.